The van der Waals surface area contributed by atoms with Gasteiger partial charge in [0, 0.05) is 23.6 Å². The summed E-state index contributed by atoms with van der Waals surface area (Å²) in [5.41, 5.74) is 7.33. The third-order valence-electron chi connectivity index (χ3n) is 4.15. The first-order valence-electron chi connectivity index (χ1n) is 7.00. The van der Waals surface area contributed by atoms with Crippen molar-refractivity contribution in [3.05, 3.63) is 65.2 Å². The topological polar surface area (TPSA) is 35.2 Å². The molecule has 0 aliphatic carbocycles. The molecule has 0 amide bonds. The third kappa shape index (κ3) is 2.63. The van der Waals surface area contributed by atoms with E-state index >= 15 is 0 Å². The van der Waals surface area contributed by atoms with Crippen LogP contribution < -0.4 is 10.5 Å². The second-order valence-electron chi connectivity index (χ2n) is 5.53. The molecule has 1 aliphatic rings. The number of fused-ring (bicyclic) bond motifs is 1. The predicted molar refractivity (Wildman–Crippen MR) is 77.3 cm³/mol. The predicted octanol–water partition coefficient (Wildman–Crippen LogP) is 3.19. The molecule has 21 heavy (non-hydrogen) atoms. The fraction of sp³-hybridized carbons (Fsp3) is 0.294. The summed E-state index contributed by atoms with van der Waals surface area (Å²) in [5.74, 6) is -0.305. The molecule has 0 bridgehead atoms. The molecule has 2 aromatic carbocycles. The van der Waals surface area contributed by atoms with E-state index in [4.69, 9.17) is 10.5 Å². The maximum atomic E-state index is 13.4. The van der Waals surface area contributed by atoms with Crippen LogP contribution in [0.25, 0.3) is 0 Å². The lowest BCUT2D eigenvalue weighted by Crippen LogP contribution is -2.41. The van der Waals surface area contributed by atoms with Gasteiger partial charge < -0.3 is 10.5 Å². The fourth-order valence-corrected chi connectivity index (χ4v) is 3.09. The lowest BCUT2D eigenvalue weighted by Gasteiger charge is -2.38. The number of rotatable bonds is 3. The van der Waals surface area contributed by atoms with E-state index in [0.717, 1.165) is 23.8 Å². The Hall–Kier alpha value is -1.94. The number of para-hydroxylation sites is 1. The molecule has 110 valence electrons. The smallest absolute Gasteiger partial charge is 0.126 e. The van der Waals surface area contributed by atoms with Crippen LogP contribution in [0.5, 0.6) is 5.75 Å². The van der Waals surface area contributed by atoms with Crippen LogP contribution in [-0.4, -0.2) is 13.2 Å². The van der Waals surface area contributed by atoms with E-state index in [1.807, 2.05) is 24.3 Å². The molecule has 2 aromatic rings. The Labute approximate surface area is 122 Å². The molecule has 0 saturated heterocycles. The van der Waals surface area contributed by atoms with Crippen molar-refractivity contribution < 1.29 is 13.5 Å². The maximum Gasteiger partial charge on any atom is 0.126 e. The SMILES string of the molecule is NCC1(Cc2cc(F)cc(F)c2)CCOc2ccccc21. The number of benzene rings is 2. The van der Waals surface area contributed by atoms with E-state index in [9.17, 15) is 8.78 Å². The van der Waals surface area contributed by atoms with E-state index in [0.29, 0.717) is 25.1 Å². The van der Waals surface area contributed by atoms with Crippen LogP contribution in [0.15, 0.2) is 42.5 Å². The molecule has 0 radical (unpaired) electrons. The van der Waals surface area contributed by atoms with Crippen LogP contribution in [-0.2, 0) is 11.8 Å². The van der Waals surface area contributed by atoms with E-state index < -0.39 is 11.6 Å². The van der Waals surface area contributed by atoms with Crippen molar-refractivity contribution >= 4 is 0 Å². The highest BCUT2D eigenvalue weighted by molar-refractivity contribution is 5.43. The summed E-state index contributed by atoms with van der Waals surface area (Å²) in [4.78, 5) is 0. The van der Waals surface area contributed by atoms with Crippen LogP contribution in [0.4, 0.5) is 8.78 Å². The van der Waals surface area contributed by atoms with Gasteiger partial charge >= 0.3 is 0 Å². The van der Waals surface area contributed by atoms with Gasteiger partial charge in [-0.15, -0.1) is 0 Å². The molecule has 0 aromatic heterocycles. The van der Waals surface area contributed by atoms with Gasteiger partial charge in [-0.2, -0.15) is 0 Å². The average Bonchev–Trinajstić information content (AvgIpc) is 2.46. The summed E-state index contributed by atoms with van der Waals surface area (Å²) >= 11 is 0. The van der Waals surface area contributed by atoms with E-state index in [2.05, 4.69) is 0 Å². The summed E-state index contributed by atoms with van der Waals surface area (Å²) in [6, 6.07) is 11.4. The van der Waals surface area contributed by atoms with Gasteiger partial charge in [-0.25, -0.2) is 8.78 Å². The Balaban J connectivity index is 2.02. The molecule has 0 fully saturated rings. The van der Waals surface area contributed by atoms with Gasteiger partial charge in [-0.05, 0) is 36.6 Å². The summed E-state index contributed by atoms with van der Waals surface area (Å²) in [6.07, 6.45) is 1.23. The zero-order chi connectivity index (χ0) is 14.9. The Morgan fingerprint density at radius 1 is 1.10 bits per heavy atom. The second-order valence-corrected chi connectivity index (χ2v) is 5.53. The second kappa shape index (κ2) is 5.45. The van der Waals surface area contributed by atoms with Crippen molar-refractivity contribution in [1.82, 2.24) is 0 Å². The molecule has 1 aliphatic heterocycles. The van der Waals surface area contributed by atoms with Crippen LogP contribution in [0.3, 0.4) is 0 Å². The quantitative estimate of drug-likeness (QED) is 0.942. The standard InChI is InChI=1S/C17H17F2NO/c18-13-7-12(8-14(19)9-13)10-17(11-20)5-6-21-16-4-2-1-3-15(16)17/h1-4,7-9H,5-6,10-11,20H2. The molecular weight excluding hydrogens is 272 g/mol. The molecule has 0 spiro atoms. The zero-order valence-corrected chi connectivity index (χ0v) is 11.6. The van der Waals surface area contributed by atoms with Gasteiger partial charge in [0.25, 0.3) is 0 Å². The van der Waals surface area contributed by atoms with Gasteiger partial charge in [-0.3, -0.25) is 0 Å². The normalized spacial score (nSPS) is 20.7. The number of hydrogen-bond donors (Lipinski definition) is 1. The maximum absolute atomic E-state index is 13.4. The summed E-state index contributed by atoms with van der Waals surface area (Å²) in [6.45, 7) is 0.970. The lowest BCUT2D eigenvalue weighted by molar-refractivity contribution is 0.215. The highest BCUT2D eigenvalue weighted by atomic mass is 19.1. The van der Waals surface area contributed by atoms with Gasteiger partial charge in [0.1, 0.15) is 17.4 Å². The minimum Gasteiger partial charge on any atom is -0.493 e. The van der Waals surface area contributed by atoms with Crippen molar-refractivity contribution in [3.8, 4) is 5.75 Å². The van der Waals surface area contributed by atoms with Gasteiger partial charge in [0.2, 0.25) is 0 Å². The molecule has 1 atom stereocenters. The lowest BCUT2D eigenvalue weighted by atomic mass is 9.72. The van der Waals surface area contributed by atoms with Crippen molar-refractivity contribution in [3.63, 3.8) is 0 Å². The highest BCUT2D eigenvalue weighted by Gasteiger charge is 2.36. The molecule has 2 nitrogen and oxygen atoms in total. The van der Waals surface area contributed by atoms with Gasteiger partial charge in [0.15, 0.2) is 0 Å². The van der Waals surface area contributed by atoms with E-state index in [1.165, 1.54) is 12.1 Å². The Kier molecular flexibility index (Phi) is 3.64. The van der Waals surface area contributed by atoms with Crippen LogP contribution in [0, 0.1) is 11.6 Å². The van der Waals surface area contributed by atoms with E-state index in [1.54, 1.807) is 0 Å². The molecule has 1 unspecified atom stereocenters. The van der Waals surface area contributed by atoms with Crippen molar-refractivity contribution in [2.24, 2.45) is 5.73 Å². The summed E-state index contributed by atoms with van der Waals surface area (Å²) in [7, 11) is 0. The minimum absolute atomic E-state index is 0.338. The third-order valence-corrected chi connectivity index (χ3v) is 4.15. The molecule has 0 saturated carbocycles. The first-order valence-corrected chi connectivity index (χ1v) is 7.00. The summed E-state index contributed by atoms with van der Waals surface area (Å²) < 4.78 is 32.5. The number of halogens is 2. The Morgan fingerprint density at radius 2 is 1.81 bits per heavy atom. The average molecular weight is 289 g/mol. The van der Waals surface area contributed by atoms with Crippen molar-refractivity contribution in [2.75, 3.05) is 13.2 Å². The highest BCUT2D eigenvalue weighted by Crippen LogP contribution is 2.40. The van der Waals surface area contributed by atoms with Crippen LogP contribution >= 0.6 is 0 Å². The van der Waals surface area contributed by atoms with Crippen molar-refractivity contribution in [2.45, 2.75) is 18.3 Å². The number of hydrogen-bond acceptors (Lipinski definition) is 2. The summed E-state index contributed by atoms with van der Waals surface area (Å²) in [5, 5.41) is 0. The minimum atomic E-state index is -0.558. The Morgan fingerprint density at radius 3 is 2.52 bits per heavy atom. The van der Waals surface area contributed by atoms with Crippen LogP contribution in [0.2, 0.25) is 0 Å². The zero-order valence-electron chi connectivity index (χ0n) is 11.6. The van der Waals surface area contributed by atoms with Gasteiger partial charge in [0.05, 0.1) is 6.61 Å². The first kappa shape index (κ1) is 14.0. The fourth-order valence-electron chi connectivity index (χ4n) is 3.09. The number of nitrogens with two attached hydrogens (primary N) is 1. The van der Waals surface area contributed by atoms with Gasteiger partial charge in [-0.1, -0.05) is 18.2 Å². The van der Waals surface area contributed by atoms with E-state index in [-0.39, 0.29) is 5.41 Å². The molecule has 4 heteroatoms. The number of ether oxygens (including phenoxy) is 1. The first-order chi connectivity index (χ1) is 10.1. The van der Waals surface area contributed by atoms with Crippen LogP contribution in [0.1, 0.15) is 17.5 Å². The Bertz CT molecular complexity index is 639. The molecular formula is C17H17F2NO. The van der Waals surface area contributed by atoms with Crippen molar-refractivity contribution in [1.29, 1.82) is 0 Å². The monoisotopic (exact) mass is 289 g/mol. The molecule has 1 heterocycles. The molecule has 3 rings (SSSR count). The molecule has 2 N–H and O–H groups in total. The largest absolute Gasteiger partial charge is 0.493 e.